The maximum Gasteiger partial charge on any atom is 0.408 e. The Balaban J connectivity index is 2.38. The summed E-state index contributed by atoms with van der Waals surface area (Å²) in [6, 6.07) is 7.35. The van der Waals surface area contributed by atoms with E-state index in [0.29, 0.717) is 12.0 Å². The third-order valence-electron chi connectivity index (χ3n) is 6.40. The van der Waals surface area contributed by atoms with Crippen LogP contribution in [-0.4, -0.2) is 58.8 Å². The fourth-order valence-corrected chi connectivity index (χ4v) is 4.41. The molecule has 0 bridgehead atoms. The highest BCUT2D eigenvalue weighted by molar-refractivity contribution is 5.92. The van der Waals surface area contributed by atoms with Crippen molar-refractivity contribution in [1.82, 2.24) is 15.5 Å². The van der Waals surface area contributed by atoms with Crippen LogP contribution in [0.15, 0.2) is 30.3 Å². The minimum Gasteiger partial charge on any atom is -0.444 e. The average molecular weight is 490 g/mol. The van der Waals surface area contributed by atoms with Crippen LogP contribution in [0, 0.1) is 5.92 Å². The van der Waals surface area contributed by atoms with Gasteiger partial charge in [-0.2, -0.15) is 0 Å². The van der Waals surface area contributed by atoms with Crippen LogP contribution >= 0.6 is 0 Å². The summed E-state index contributed by atoms with van der Waals surface area (Å²) in [4.78, 5) is 41.5. The van der Waals surface area contributed by atoms with Crippen LogP contribution < -0.4 is 10.6 Å². The Morgan fingerprint density at radius 3 is 2.29 bits per heavy atom. The Kier molecular flexibility index (Phi) is 11.0. The average Bonchev–Trinajstić information content (AvgIpc) is 2.81. The molecule has 3 amide bonds. The van der Waals surface area contributed by atoms with E-state index in [0.717, 1.165) is 32.1 Å². The van der Waals surface area contributed by atoms with Gasteiger partial charge in [0.15, 0.2) is 0 Å². The molecule has 2 rings (SSSR count). The molecule has 1 aromatic rings. The van der Waals surface area contributed by atoms with Crippen LogP contribution in [0.5, 0.6) is 0 Å². The van der Waals surface area contributed by atoms with Gasteiger partial charge in [-0.1, -0.05) is 69.9 Å². The number of carbonyl (C=O) groups is 3. The third-order valence-corrected chi connectivity index (χ3v) is 6.40. The molecule has 196 valence electrons. The van der Waals surface area contributed by atoms with Gasteiger partial charge >= 0.3 is 6.09 Å². The molecule has 1 aromatic carbocycles. The Morgan fingerprint density at radius 2 is 1.74 bits per heavy atom. The van der Waals surface area contributed by atoms with Gasteiger partial charge in [0.05, 0.1) is 6.61 Å². The first-order valence-corrected chi connectivity index (χ1v) is 12.8. The lowest BCUT2D eigenvalue weighted by Gasteiger charge is -2.36. The van der Waals surface area contributed by atoms with Crippen molar-refractivity contribution in [2.24, 2.45) is 5.92 Å². The molecule has 0 radical (unpaired) electrons. The fraction of sp³-hybridized carbons (Fsp3) is 0.667. The van der Waals surface area contributed by atoms with E-state index in [4.69, 9.17) is 4.74 Å². The smallest absolute Gasteiger partial charge is 0.408 e. The number of aliphatic hydroxyl groups excluding tert-OH is 1. The molecular weight excluding hydrogens is 446 g/mol. The molecule has 1 aliphatic carbocycles. The van der Waals surface area contributed by atoms with Gasteiger partial charge in [0, 0.05) is 12.6 Å². The number of nitrogens with one attached hydrogen (secondary N) is 2. The van der Waals surface area contributed by atoms with E-state index in [1.165, 1.54) is 4.90 Å². The highest BCUT2D eigenvalue weighted by Gasteiger charge is 2.38. The second-order valence-electron chi connectivity index (χ2n) is 10.4. The first kappa shape index (κ1) is 28.6. The molecule has 0 spiro atoms. The summed E-state index contributed by atoms with van der Waals surface area (Å²) in [5, 5.41) is 15.7. The summed E-state index contributed by atoms with van der Waals surface area (Å²) in [5.41, 5.74) is -0.0625. The van der Waals surface area contributed by atoms with E-state index in [1.807, 2.05) is 44.2 Å². The van der Waals surface area contributed by atoms with E-state index >= 15 is 0 Å². The van der Waals surface area contributed by atoms with Crippen molar-refractivity contribution in [2.75, 3.05) is 13.2 Å². The predicted molar refractivity (Wildman–Crippen MR) is 136 cm³/mol. The zero-order valence-corrected chi connectivity index (χ0v) is 21.9. The SMILES string of the molecule is CCC(C)C(NC(=O)OC(C)(C)C)C(=O)N(CCO)C(C(=O)NC1CCCCC1)c1ccccc1. The van der Waals surface area contributed by atoms with Crippen molar-refractivity contribution >= 4 is 17.9 Å². The second kappa shape index (κ2) is 13.5. The first-order chi connectivity index (χ1) is 16.6. The molecular formula is C27H43N3O5. The lowest BCUT2D eigenvalue weighted by atomic mass is 9.94. The molecule has 1 fully saturated rings. The molecule has 0 aromatic heterocycles. The maximum absolute atomic E-state index is 13.9. The Hall–Kier alpha value is -2.61. The van der Waals surface area contributed by atoms with Gasteiger partial charge in [-0.3, -0.25) is 9.59 Å². The fourth-order valence-electron chi connectivity index (χ4n) is 4.41. The van der Waals surface area contributed by atoms with E-state index in [-0.39, 0.29) is 31.0 Å². The summed E-state index contributed by atoms with van der Waals surface area (Å²) in [7, 11) is 0. The van der Waals surface area contributed by atoms with E-state index < -0.39 is 29.7 Å². The molecule has 0 heterocycles. The quantitative estimate of drug-likeness (QED) is 0.461. The summed E-state index contributed by atoms with van der Waals surface area (Å²) < 4.78 is 5.40. The Labute approximate surface area is 209 Å². The van der Waals surface area contributed by atoms with Gasteiger partial charge < -0.3 is 25.4 Å². The Morgan fingerprint density at radius 1 is 1.11 bits per heavy atom. The van der Waals surface area contributed by atoms with Crippen molar-refractivity contribution in [2.45, 2.75) is 96.9 Å². The largest absolute Gasteiger partial charge is 0.444 e. The van der Waals surface area contributed by atoms with E-state index in [9.17, 15) is 19.5 Å². The van der Waals surface area contributed by atoms with Gasteiger partial charge in [0.2, 0.25) is 11.8 Å². The summed E-state index contributed by atoms with van der Waals surface area (Å²) in [6.07, 6.45) is 5.06. The molecule has 8 nitrogen and oxygen atoms in total. The minimum atomic E-state index is -0.926. The number of hydrogen-bond acceptors (Lipinski definition) is 5. The van der Waals surface area contributed by atoms with Gasteiger partial charge in [-0.25, -0.2) is 4.79 Å². The standard InChI is InChI=1S/C27H43N3O5/c1-6-19(2)22(29-26(34)35-27(3,4)5)25(33)30(17-18-31)23(20-13-9-7-10-14-20)24(32)28-21-15-11-8-12-16-21/h7,9-10,13-14,19,21-23,31H,6,8,11-12,15-18H2,1-5H3,(H,28,32)(H,29,34). The van der Waals surface area contributed by atoms with Crippen molar-refractivity contribution in [3.05, 3.63) is 35.9 Å². The first-order valence-electron chi connectivity index (χ1n) is 12.8. The normalized spacial score (nSPS) is 17.1. The van der Waals surface area contributed by atoms with Crippen LogP contribution in [0.4, 0.5) is 4.79 Å². The third kappa shape index (κ3) is 8.84. The van der Waals surface area contributed by atoms with Gasteiger partial charge in [-0.15, -0.1) is 0 Å². The van der Waals surface area contributed by atoms with Crippen molar-refractivity contribution in [3.8, 4) is 0 Å². The number of hydrogen-bond donors (Lipinski definition) is 3. The Bertz CT molecular complexity index is 818. The zero-order chi connectivity index (χ0) is 26.0. The maximum atomic E-state index is 13.9. The second-order valence-corrected chi connectivity index (χ2v) is 10.4. The summed E-state index contributed by atoms with van der Waals surface area (Å²) >= 11 is 0. The molecule has 0 saturated heterocycles. The number of alkyl carbamates (subject to hydrolysis) is 1. The highest BCUT2D eigenvalue weighted by Crippen LogP contribution is 2.26. The van der Waals surface area contributed by atoms with E-state index in [2.05, 4.69) is 10.6 Å². The molecule has 1 saturated carbocycles. The van der Waals surface area contributed by atoms with Crippen LogP contribution in [0.25, 0.3) is 0 Å². The number of nitrogens with zero attached hydrogens (tertiary/aromatic N) is 1. The number of benzene rings is 1. The van der Waals surface area contributed by atoms with Gasteiger partial charge in [-0.05, 0) is 45.1 Å². The molecule has 0 aliphatic heterocycles. The number of ether oxygens (including phenoxy) is 1. The summed E-state index contributed by atoms with van der Waals surface area (Å²) in [6.45, 7) is 8.72. The number of rotatable bonds is 10. The van der Waals surface area contributed by atoms with Gasteiger partial charge in [0.1, 0.15) is 17.7 Å². The molecule has 3 atom stereocenters. The lowest BCUT2D eigenvalue weighted by molar-refractivity contribution is -0.144. The van der Waals surface area contributed by atoms with Crippen molar-refractivity contribution < 1.29 is 24.2 Å². The monoisotopic (exact) mass is 489 g/mol. The minimum absolute atomic E-state index is 0.0422. The molecule has 3 unspecified atom stereocenters. The van der Waals surface area contributed by atoms with Crippen LogP contribution in [0.2, 0.25) is 0 Å². The van der Waals surface area contributed by atoms with E-state index in [1.54, 1.807) is 20.8 Å². The zero-order valence-electron chi connectivity index (χ0n) is 21.9. The van der Waals surface area contributed by atoms with Crippen LogP contribution in [0.1, 0.15) is 84.7 Å². The number of carbonyl (C=O) groups excluding carboxylic acids is 3. The van der Waals surface area contributed by atoms with Gasteiger partial charge in [0.25, 0.3) is 0 Å². The predicted octanol–water partition coefficient (Wildman–Crippen LogP) is 3.94. The van der Waals surface area contributed by atoms with Crippen molar-refractivity contribution in [1.29, 1.82) is 0 Å². The highest BCUT2D eigenvalue weighted by atomic mass is 16.6. The van der Waals surface area contributed by atoms with Crippen LogP contribution in [-0.2, 0) is 14.3 Å². The molecule has 1 aliphatic rings. The number of aliphatic hydroxyl groups is 1. The summed E-state index contributed by atoms with van der Waals surface area (Å²) in [5.74, 6) is -0.911. The molecule has 35 heavy (non-hydrogen) atoms. The lowest BCUT2D eigenvalue weighted by Crippen LogP contribution is -2.56. The molecule has 8 heteroatoms. The van der Waals surface area contributed by atoms with Crippen LogP contribution in [0.3, 0.4) is 0 Å². The molecule has 3 N–H and O–H groups in total. The number of amides is 3. The topological polar surface area (TPSA) is 108 Å². The van der Waals surface area contributed by atoms with Crippen molar-refractivity contribution in [3.63, 3.8) is 0 Å².